The van der Waals surface area contributed by atoms with Gasteiger partial charge in [-0.15, -0.1) is 0 Å². The molecule has 3 heterocycles. The molecule has 1 aliphatic rings. The quantitative estimate of drug-likeness (QED) is 0.244. The first-order valence-corrected chi connectivity index (χ1v) is 13.1. The van der Waals surface area contributed by atoms with Gasteiger partial charge in [0.15, 0.2) is 11.5 Å². The number of likely N-dealkylation sites (tertiary alicyclic amines) is 1. The monoisotopic (exact) mass is 534 g/mol. The third kappa shape index (κ3) is 5.42. The maximum Gasteiger partial charge on any atom is 0.163 e. The minimum Gasteiger partial charge on any atom is -0.505 e. The fourth-order valence-corrected chi connectivity index (χ4v) is 5.26. The zero-order valence-electron chi connectivity index (χ0n) is 20.8. The van der Waals surface area contributed by atoms with E-state index in [1.807, 2.05) is 31.3 Å². The number of rotatable bonds is 7. The Labute approximate surface area is 226 Å². The Morgan fingerprint density at radius 1 is 1.03 bits per heavy atom. The van der Waals surface area contributed by atoms with Crippen molar-refractivity contribution in [1.82, 2.24) is 14.9 Å². The number of aryl methyl sites for hydroxylation is 1. The molecule has 2 aromatic carbocycles. The van der Waals surface area contributed by atoms with Gasteiger partial charge < -0.3 is 15.3 Å². The lowest BCUT2D eigenvalue weighted by Crippen LogP contribution is -2.22. The first kappa shape index (κ1) is 25.5. The first-order chi connectivity index (χ1) is 17.8. The van der Waals surface area contributed by atoms with Gasteiger partial charge in [-0.2, -0.15) is 0 Å². The molecule has 8 heteroatoms. The number of nitrogens with one attached hydrogen (secondary N) is 1. The second-order valence-electron chi connectivity index (χ2n) is 9.52. The Balaban J connectivity index is 1.56. The number of aromatic nitrogens is 2. The molecule has 1 saturated heterocycles. The minimum atomic E-state index is -0.150. The highest BCUT2D eigenvalue weighted by Crippen LogP contribution is 2.38. The summed E-state index contributed by atoms with van der Waals surface area (Å²) >= 11 is 12.4. The molecule has 5 rings (SSSR count). The van der Waals surface area contributed by atoms with E-state index < -0.39 is 0 Å². The summed E-state index contributed by atoms with van der Waals surface area (Å²) in [5.41, 5.74) is 6.34. The number of Topliss-reactive ketones (excluding diaryl/α,β-unsaturated/α-hetero) is 1. The molecule has 2 N–H and O–H groups in total. The van der Waals surface area contributed by atoms with Crippen molar-refractivity contribution < 1.29 is 9.90 Å². The number of carbonyl (C=O) groups excluding carboxylic acids is 1. The van der Waals surface area contributed by atoms with E-state index >= 15 is 0 Å². The second kappa shape index (κ2) is 10.7. The number of benzene rings is 2. The van der Waals surface area contributed by atoms with Gasteiger partial charge in [-0.3, -0.25) is 14.8 Å². The Hall–Kier alpha value is -3.19. The van der Waals surface area contributed by atoms with E-state index in [0.717, 1.165) is 65.0 Å². The molecule has 0 bridgehead atoms. The number of hydrogen-bond donors (Lipinski definition) is 2. The van der Waals surface area contributed by atoms with Crippen LogP contribution in [0.25, 0.3) is 22.0 Å². The molecule has 2 aromatic heterocycles. The summed E-state index contributed by atoms with van der Waals surface area (Å²) in [5.74, 6) is -0.239. The van der Waals surface area contributed by atoms with Crippen molar-refractivity contribution in [1.29, 1.82) is 0 Å². The van der Waals surface area contributed by atoms with E-state index in [1.54, 1.807) is 18.3 Å². The van der Waals surface area contributed by atoms with Crippen LogP contribution in [0.3, 0.4) is 0 Å². The molecule has 6 nitrogen and oxygen atoms in total. The van der Waals surface area contributed by atoms with Crippen molar-refractivity contribution in [2.75, 3.05) is 25.0 Å². The van der Waals surface area contributed by atoms with Crippen molar-refractivity contribution >= 4 is 51.3 Å². The fourth-order valence-electron chi connectivity index (χ4n) is 4.77. The summed E-state index contributed by atoms with van der Waals surface area (Å²) in [4.78, 5) is 24.3. The van der Waals surface area contributed by atoms with E-state index in [4.69, 9.17) is 23.2 Å². The minimum absolute atomic E-state index is 0.0891. The number of hydrogen-bond acceptors (Lipinski definition) is 6. The lowest BCUT2D eigenvalue weighted by molar-refractivity contribution is 0.101. The summed E-state index contributed by atoms with van der Waals surface area (Å²) in [6.45, 7) is 6.83. The van der Waals surface area contributed by atoms with Gasteiger partial charge in [0.05, 0.1) is 38.2 Å². The van der Waals surface area contributed by atoms with Crippen LogP contribution in [0.4, 0.5) is 11.4 Å². The number of phenols is 1. The highest BCUT2D eigenvalue weighted by Gasteiger charge is 2.17. The van der Waals surface area contributed by atoms with Gasteiger partial charge in [0, 0.05) is 24.3 Å². The molecule has 0 spiro atoms. The van der Waals surface area contributed by atoms with Crippen LogP contribution < -0.4 is 5.32 Å². The molecule has 37 heavy (non-hydrogen) atoms. The smallest absolute Gasteiger partial charge is 0.163 e. The lowest BCUT2D eigenvalue weighted by Gasteiger charge is -2.18. The van der Waals surface area contributed by atoms with E-state index in [2.05, 4.69) is 26.3 Å². The average molecular weight is 535 g/mol. The highest BCUT2D eigenvalue weighted by atomic mass is 35.5. The molecule has 1 aliphatic heterocycles. The van der Waals surface area contributed by atoms with E-state index in [0.29, 0.717) is 11.3 Å². The topological polar surface area (TPSA) is 78.3 Å². The summed E-state index contributed by atoms with van der Waals surface area (Å²) in [7, 11) is 0. The number of halogens is 2. The third-order valence-corrected chi connectivity index (χ3v) is 7.49. The zero-order chi connectivity index (χ0) is 26.1. The maximum absolute atomic E-state index is 12.6. The Bertz CT molecular complexity index is 1480. The number of anilines is 2. The number of aromatic hydroxyl groups is 1. The molecular weight excluding hydrogens is 507 g/mol. The second-order valence-corrected chi connectivity index (χ2v) is 10.3. The van der Waals surface area contributed by atoms with Crippen LogP contribution in [0.5, 0.6) is 5.75 Å². The molecule has 4 aromatic rings. The normalized spacial score (nSPS) is 13.8. The summed E-state index contributed by atoms with van der Waals surface area (Å²) in [6, 6.07) is 11.2. The van der Waals surface area contributed by atoms with E-state index in [-0.39, 0.29) is 21.6 Å². The number of fused-ring (bicyclic) bond motifs is 1. The van der Waals surface area contributed by atoms with Gasteiger partial charge >= 0.3 is 0 Å². The molecule has 0 atom stereocenters. The summed E-state index contributed by atoms with van der Waals surface area (Å²) < 4.78 is 0. The molecule has 0 aliphatic carbocycles. The predicted molar refractivity (Wildman–Crippen MR) is 151 cm³/mol. The van der Waals surface area contributed by atoms with Gasteiger partial charge in [-0.05, 0) is 93.2 Å². The molecule has 0 saturated carbocycles. The Kier molecular flexibility index (Phi) is 7.33. The Morgan fingerprint density at radius 3 is 2.46 bits per heavy atom. The number of nitrogens with zero attached hydrogens (tertiary/aromatic N) is 3. The molecule has 0 amide bonds. The largest absolute Gasteiger partial charge is 0.505 e. The summed E-state index contributed by atoms with van der Waals surface area (Å²) in [5, 5.41) is 14.6. The number of phenolic OH excluding ortho intramolecular Hbond substituents is 1. The van der Waals surface area contributed by atoms with Gasteiger partial charge in [0.1, 0.15) is 0 Å². The van der Waals surface area contributed by atoms with Crippen molar-refractivity contribution in [3.8, 4) is 16.9 Å². The number of ketones is 1. The third-order valence-electron chi connectivity index (χ3n) is 6.92. The molecular formula is C29H28Cl2N4O2. The van der Waals surface area contributed by atoms with Crippen LogP contribution in [0, 0.1) is 6.92 Å². The van der Waals surface area contributed by atoms with Crippen LogP contribution in [0.2, 0.25) is 10.0 Å². The fraction of sp³-hybridized carbons (Fsp3) is 0.276. The van der Waals surface area contributed by atoms with Gasteiger partial charge in [0.25, 0.3) is 0 Å². The highest BCUT2D eigenvalue weighted by molar-refractivity contribution is 6.37. The first-order valence-electron chi connectivity index (χ1n) is 12.4. The zero-order valence-corrected chi connectivity index (χ0v) is 22.3. The standard InChI is InChI=1S/C29H28Cl2N4O2/c1-17-27(11-19(15-32-17)7-10-35-8-3-4-9-35)34-28-22-12-20(21-13-24(30)29(37)25(31)14-21)5-6-26(22)33-16-23(28)18(2)36/h5-6,11-16,37H,3-4,7-10H2,1-2H3,(H,33,34). The molecule has 190 valence electrons. The summed E-state index contributed by atoms with van der Waals surface area (Å²) in [6.07, 6.45) is 7.01. The Morgan fingerprint density at radius 2 is 1.76 bits per heavy atom. The maximum atomic E-state index is 12.6. The average Bonchev–Trinajstić information content (AvgIpc) is 3.41. The molecule has 1 fully saturated rings. The van der Waals surface area contributed by atoms with E-state index in [9.17, 15) is 9.90 Å². The molecule has 0 unspecified atom stereocenters. The van der Waals surface area contributed by atoms with E-state index in [1.165, 1.54) is 19.8 Å². The van der Waals surface area contributed by atoms with Crippen LogP contribution in [-0.2, 0) is 6.42 Å². The molecule has 0 radical (unpaired) electrons. The van der Waals surface area contributed by atoms with Crippen LogP contribution in [0.1, 0.15) is 41.4 Å². The van der Waals surface area contributed by atoms with Crippen molar-refractivity contribution in [2.24, 2.45) is 0 Å². The van der Waals surface area contributed by atoms with Crippen molar-refractivity contribution in [3.63, 3.8) is 0 Å². The van der Waals surface area contributed by atoms with Gasteiger partial charge in [0.2, 0.25) is 0 Å². The lowest BCUT2D eigenvalue weighted by atomic mass is 10.00. The van der Waals surface area contributed by atoms with Crippen LogP contribution in [-0.4, -0.2) is 45.4 Å². The van der Waals surface area contributed by atoms with Gasteiger partial charge in [-0.25, -0.2) is 0 Å². The van der Waals surface area contributed by atoms with Crippen molar-refractivity contribution in [3.05, 3.63) is 75.7 Å². The van der Waals surface area contributed by atoms with Crippen molar-refractivity contribution in [2.45, 2.75) is 33.1 Å². The SMILES string of the molecule is CC(=O)c1cnc2ccc(-c3cc(Cl)c(O)c(Cl)c3)cc2c1Nc1cc(CCN2CCCC2)cnc1C. The number of carbonyl (C=O) groups is 1. The van der Waals surface area contributed by atoms with Crippen LogP contribution >= 0.6 is 23.2 Å². The van der Waals surface area contributed by atoms with Gasteiger partial charge in [-0.1, -0.05) is 29.3 Å². The van der Waals surface area contributed by atoms with Crippen LogP contribution in [0.15, 0.2) is 48.8 Å². The predicted octanol–water partition coefficient (Wildman–Crippen LogP) is 7.20. The number of pyridine rings is 2.